The Morgan fingerprint density at radius 2 is 1.90 bits per heavy atom. The van der Waals surface area contributed by atoms with Crippen LogP contribution in [0.2, 0.25) is 0 Å². The van der Waals surface area contributed by atoms with E-state index in [1.54, 1.807) is 35.8 Å². The van der Waals surface area contributed by atoms with Crippen molar-refractivity contribution in [1.29, 1.82) is 0 Å². The second kappa shape index (κ2) is 8.51. The van der Waals surface area contributed by atoms with Crippen molar-refractivity contribution in [2.24, 2.45) is 0 Å². The number of aromatic nitrogens is 4. The Balaban J connectivity index is 1.35. The lowest BCUT2D eigenvalue weighted by molar-refractivity contribution is 0.208. The van der Waals surface area contributed by atoms with Gasteiger partial charge in [0, 0.05) is 56.7 Å². The van der Waals surface area contributed by atoms with Gasteiger partial charge in [-0.3, -0.25) is 9.55 Å². The Bertz CT molecular complexity index is 1030. The first kappa shape index (κ1) is 18.6. The number of hydrogen-bond acceptors (Lipinski definition) is 6. The van der Waals surface area contributed by atoms with Crippen LogP contribution in [-0.4, -0.2) is 56.6 Å². The molecule has 3 heterocycles. The van der Waals surface area contributed by atoms with Crippen molar-refractivity contribution in [3.63, 3.8) is 0 Å². The summed E-state index contributed by atoms with van der Waals surface area (Å²) < 4.78 is 1.52. The summed E-state index contributed by atoms with van der Waals surface area (Å²) in [5.41, 5.74) is 1.30. The molecule has 3 aromatic rings. The molecule has 0 unspecified atom stereocenters. The molecule has 0 saturated carbocycles. The maximum Gasteiger partial charge on any atom is 0.347 e. The van der Waals surface area contributed by atoms with Crippen molar-refractivity contribution in [3.05, 3.63) is 77.4 Å². The molecule has 1 N–H and O–H groups in total. The van der Waals surface area contributed by atoms with Crippen LogP contribution in [0.1, 0.15) is 5.56 Å². The number of rotatable bonds is 4. The average molecular weight is 391 g/mol. The van der Waals surface area contributed by atoms with Crippen LogP contribution in [-0.2, 0) is 6.54 Å². The number of nitrogens with zero attached hydrogens (tertiary/aromatic N) is 6. The summed E-state index contributed by atoms with van der Waals surface area (Å²) in [5.74, 6) is 0.825. The van der Waals surface area contributed by atoms with Gasteiger partial charge in [-0.25, -0.2) is 19.6 Å². The molecule has 1 saturated heterocycles. The summed E-state index contributed by atoms with van der Waals surface area (Å²) in [4.78, 5) is 40.5. The highest BCUT2D eigenvalue weighted by atomic mass is 16.2. The van der Waals surface area contributed by atoms with Gasteiger partial charge >= 0.3 is 11.7 Å². The van der Waals surface area contributed by atoms with Crippen LogP contribution >= 0.6 is 0 Å². The summed E-state index contributed by atoms with van der Waals surface area (Å²) in [6.07, 6.45) is 8.21. The van der Waals surface area contributed by atoms with Gasteiger partial charge in [0.1, 0.15) is 5.82 Å². The highest BCUT2D eigenvalue weighted by Gasteiger charge is 2.22. The van der Waals surface area contributed by atoms with Crippen molar-refractivity contribution < 1.29 is 4.79 Å². The number of nitrogens with one attached hydrogen (secondary N) is 1. The molecule has 1 aliphatic heterocycles. The number of carbonyl (C=O) groups is 1. The molecule has 0 radical (unpaired) electrons. The zero-order valence-electron chi connectivity index (χ0n) is 15.8. The largest absolute Gasteiger partial charge is 0.352 e. The van der Waals surface area contributed by atoms with Crippen molar-refractivity contribution in [2.75, 3.05) is 36.4 Å². The van der Waals surface area contributed by atoms with Crippen molar-refractivity contribution in [2.45, 2.75) is 6.54 Å². The van der Waals surface area contributed by atoms with E-state index in [0.29, 0.717) is 38.4 Å². The normalized spacial score (nSPS) is 13.9. The monoisotopic (exact) mass is 391 g/mol. The average Bonchev–Trinajstić information content (AvgIpc) is 2.76. The fraction of sp³-hybridized carbons (Fsp3) is 0.250. The van der Waals surface area contributed by atoms with Gasteiger partial charge in [-0.2, -0.15) is 0 Å². The second-order valence-electron chi connectivity index (χ2n) is 6.70. The van der Waals surface area contributed by atoms with E-state index in [-0.39, 0.29) is 11.7 Å². The number of piperazine rings is 1. The van der Waals surface area contributed by atoms with E-state index in [0.717, 1.165) is 11.4 Å². The summed E-state index contributed by atoms with van der Waals surface area (Å²) in [5, 5.41) is 2.94. The quantitative estimate of drug-likeness (QED) is 0.723. The molecule has 0 aliphatic carbocycles. The Hall–Kier alpha value is -3.75. The van der Waals surface area contributed by atoms with Gasteiger partial charge in [-0.05, 0) is 23.8 Å². The van der Waals surface area contributed by atoms with Crippen LogP contribution in [0.3, 0.4) is 0 Å². The standard InChI is InChI=1S/C20H21N7O2/c28-19-23-5-2-8-27(19)15-16-3-1-4-17(13-16)24-20(29)26-11-9-25(10-12-26)18-14-21-6-7-22-18/h1-8,13-14H,9-12,15H2,(H,24,29). The van der Waals surface area contributed by atoms with E-state index in [1.165, 1.54) is 10.8 Å². The summed E-state index contributed by atoms with van der Waals surface area (Å²) >= 11 is 0. The molecule has 1 aromatic carbocycles. The lowest BCUT2D eigenvalue weighted by Gasteiger charge is -2.35. The fourth-order valence-electron chi connectivity index (χ4n) is 3.25. The summed E-state index contributed by atoms with van der Waals surface area (Å²) in [7, 11) is 0. The summed E-state index contributed by atoms with van der Waals surface area (Å²) in [6.45, 7) is 3.01. The Kier molecular flexibility index (Phi) is 5.46. The summed E-state index contributed by atoms with van der Waals surface area (Å²) in [6, 6.07) is 9.05. The van der Waals surface area contributed by atoms with Gasteiger partial charge in [0.25, 0.3) is 0 Å². The van der Waals surface area contributed by atoms with Gasteiger partial charge in [0.2, 0.25) is 0 Å². The van der Waals surface area contributed by atoms with E-state index in [1.807, 2.05) is 24.3 Å². The highest BCUT2D eigenvalue weighted by molar-refractivity contribution is 5.89. The number of anilines is 2. The molecule has 4 rings (SSSR count). The van der Waals surface area contributed by atoms with E-state index in [2.05, 4.69) is 25.2 Å². The molecule has 1 aliphatic rings. The highest BCUT2D eigenvalue weighted by Crippen LogP contribution is 2.15. The van der Waals surface area contributed by atoms with Crippen LogP contribution in [0.5, 0.6) is 0 Å². The van der Waals surface area contributed by atoms with Gasteiger partial charge in [0.15, 0.2) is 0 Å². The van der Waals surface area contributed by atoms with Crippen molar-refractivity contribution in [1.82, 2.24) is 24.4 Å². The van der Waals surface area contributed by atoms with Crippen LogP contribution in [0, 0.1) is 0 Å². The molecule has 0 bridgehead atoms. The molecule has 1 fully saturated rings. The second-order valence-corrected chi connectivity index (χ2v) is 6.70. The minimum absolute atomic E-state index is 0.139. The van der Waals surface area contributed by atoms with E-state index in [9.17, 15) is 9.59 Å². The lowest BCUT2D eigenvalue weighted by atomic mass is 10.2. The van der Waals surface area contributed by atoms with Crippen LogP contribution in [0.25, 0.3) is 0 Å². The predicted molar refractivity (Wildman–Crippen MR) is 109 cm³/mol. The zero-order valence-corrected chi connectivity index (χ0v) is 15.8. The van der Waals surface area contributed by atoms with Gasteiger partial charge in [-0.1, -0.05) is 12.1 Å². The van der Waals surface area contributed by atoms with E-state index < -0.39 is 0 Å². The smallest absolute Gasteiger partial charge is 0.347 e. The zero-order chi connectivity index (χ0) is 20.1. The maximum absolute atomic E-state index is 12.6. The lowest BCUT2D eigenvalue weighted by Crippen LogP contribution is -2.50. The SMILES string of the molecule is O=C(Nc1cccc(Cn2cccnc2=O)c1)N1CCN(c2cnccn2)CC1. The third-order valence-corrected chi connectivity index (χ3v) is 4.75. The molecular formula is C20H21N7O2. The van der Waals surface area contributed by atoms with Gasteiger partial charge in [0.05, 0.1) is 12.7 Å². The molecule has 9 nitrogen and oxygen atoms in total. The van der Waals surface area contributed by atoms with E-state index in [4.69, 9.17) is 0 Å². The number of carbonyl (C=O) groups excluding carboxylic acids is 1. The van der Waals surface area contributed by atoms with Crippen LogP contribution in [0.4, 0.5) is 16.3 Å². The van der Waals surface area contributed by atoms with Crippen LogP contribution in [0.15, 0.2) is 66.1 Å². The van der Waals surface area contributed by atoms with Gasteiger partial charge in [-0.15, -0.1) is 0 Å². The minimum atomic E-state index is -0.303. The topological polar surface area (TPSA) is 96.2 Å². The molecule has 2 aromatic heterocycles. The predicted octanol–water partition coefficient (Wildman–Crippen LogP) is 1.44. The maximum atomic E-state index is 12.6. The minimum Gasteiger partial charge on any atom is -0.352 e. The number of benzene rings is 1. The third-order valence-electron chi connectivity index (χ3n) is 4.75. The number of amides is 2. The Labute approximate surface area is 167 Å². The molecule has 0 spiro atoms. The molecule has 2 amide bonds. The molecule has 29 heavy (non-hydrogen) atoms. The first-order chi connectivity index (χ1) is 14.2. The molecule has 0 atom stereocenters. The number of urea groups is 1. The van der Waals surface area contributed by atoms with Gasteiger partial charge < -0.3 is 15.1 Å². The Morgan fingerprint density at radius 1 is 1.03 bits per heavy atom. The van der Waals surface area contributed by atoms with Crippen molar-refractivity contribution >= 4 is 17.5 Å². The Morgan fingerprint density at radius 3 is 2.66 bits per heavy atom. The molecule has 148 valence electrons. The molecule has 9 heteroatoms. The van der Waals surface area contributed by atoms with Crippen molar-refractivity contribution in [3.8, 4) is 0 Å². The fourth-order valence-corrected chi connectivity index (χ4v) is 3.25. The first-order valence-corrected chi connectivity index (χ1v) is 9.36. The van der Waals surface area contributed by atoms with Crippen LogP contribution < -0.4 is 15.9 Å². The third kappa shape index (κ3) is 4.57. The first-order valence-electron chi connectivity index (χ1n) is 9.36. The number of hydrogen-bond donors (Lipinski definition) is 1. The van der Waals surface area contributed by atoms with E-state index >= 15 is 0 Å². The molecular weight excluding hydrogens is 370 g/mol.